The quantitative estimate of drug-likeness (QED) is 0.752. The van der Waals surface area contributed by atoms with Crippen molar-refractivity contribution in [3.05, 3.63) is 30.1 Å². The Morgan fingerprint density at radius 3 is 2.78 bits per heavy atom. The number of carboxylic acids is 1. The van der Waals surface area contributed by atoms with Crippen LogP contribution >= 0.6 is 0 Å². The molecule has 2 amide bonds. The van der Waals surface area contributed by atoms with E-state index in [9.17, 15) is 14.0 Å². The lowest BCUT2D eigenvalue weighted by Gasteiger charge is -2.11. The molecule has 0 aliphatic carbocycles. The number of hydrogen-bond donors (Lipinski definition) is 3. The van der Waals surface area contributed by atoms with E-state index in [1.54, 1.807) is 13.0 Å². The van der Waals surface area contributed by atoms with Crippen molar-refractivity contribution in [2.24, 2.45) is 5.92 Å². The molecule has 6 heteroatoms. The van der Waals surface area contributed by atoms with E-state index in [4.69, 9.17) is 5.11 Å². The molecule has 0 aromatic heterocycles. The van der Waals surface area contributed by atoms with E-state index in [0.29, 0.717) is 5.69 Å². The zero-order chi connectivity index (χ0) is 13.5. The summed E-state index contributed by atoms with van der Waals surface area (Å²) in [6.45, 7) is 1.96. The molecule has 1 rings (SSSR count). The first-order chi connectivity index (χ1) is 8.47. The summed E-state index contributed by atoms with van der Waals surface area (Å²) in [5.41, 5.74) is 0.346. The molecule has 0 bridgehead atoms. The number of rotatable bonds is 5. The van der Waals surface area contributed by atoms with Crippen molar-refractivity contribution < 1.29 is 19.1 Å². The van der Waals surface area contributed by atoms with Crippen LogP contribution in [-0.2, 0) is 4.79 Å². The van der Waals surface area contributed by atoms with E-state index in [2.05, 4.69) is 10.6 Å². The van der Waals surface area contributed by atoms with Crippen LogP contribution in [0, 0.1) is 11.7 Å². The Bertz CT molecular complexity index is 437. The molecule has 0 fully saturated rings. The first-order valence-corrected chi connectivity index (χ1v) is 5.49. The molecule has 1 aromatic rings. The van der Waals surface area contributed by atoms with Gasteiger partial charge in [0.25, 0.3) is 0 Å². The highest BCUT2D eigenvalue weighted by molar-refractivity contribution is 5.89. The molecule has 3 N–H and O–H groups in total. The molecule has 0 aliphatic heterocycles. The van der Waals surface area contributed by atoms with Crippen LogP contribution in [0.1, 0.15) is 13.3 Å². The minimum atomic E-state index is -0.908. The maximum atomic E-state index is 12.8. The summed E-state index contributed by atoms with van der Waals surface area (Å²) in [4.78, 5) is 21.8. The number of halogens is 1. The van der Waals surface area contributed by atoms with Gasteiger partial charge in [-0.1, -0.05) is 13.0 Å². The molecule has 5 nitrogen and oxygen atoms in total. The van der Waals surface area contributed by atoms with Crippen LogP contribution in [0.4, 0.5) is 14.9 Å². The molecule has 0 radical (unpaired) electrons. The number of amides is 2. The molecule has 1 atom stereocenters. The van der Waals surface area contributed by atoms with Crippen LogP contribution in [0.15, 0.2) is 24.3 Å². The predicted molar refractivity (Wildman–Crippen MR) is 64.8 cm³/mol. The van der Waals surface area contributed by atoms with E-state index in [-0.39, 0.29) is 18.9 Å². The zero-order valence-electron chi connectivity index (χ0n) is 9.94. The van der Waals surface area contributed by atoms with Gasteiger partial charge in [-0.3, -0.25) is 4.79 Å². The van der Waals surface area contributed by atoms with Crippen molar-refractivity contribution in [3.63, 3.8) is 0 Å². The average Bonchev–Trinajstić information content (AvgIpc) is 2.25. The number of carbonyl (C=O) groups excluding carboxylic acids is 1. The van der Waals surface area contributed by atoms with Crippen LogP contribution in [0.2, 0.25) is 0 Å². The summed E-state index contributed by atoms with van der Waals surface area (Å²) in [6, 6.07) is 5.03. The Morgan fingerprint density at radius 2 is 2.17 bits per heavy atom. The van der Waals surface area contributed by atoms with Crippen molar-refractivity contribution in [1.82, 2.24) is 5.32 Å². The van der Waals surface area contributed by atoms with E-state index in [1.165, 1.54) is 18.2 Å². The highest BCUT2D eigenvalue weighted by Gasteiger charge is 2.09. The van der Waals surface area contributed by atoms with E-state index >= 15 is 0 Å². The van der Waals surface area contributed by atoms with Gasteiger partial charge in [-0.05, 0) is 24.1 Å². The molecule has 0 saturated heterocycles. The molecule has 0 spiro atoms. The number of carbonyl (C=O) groups is 2. The summed E-state index contributed by atoms with van der Waals surface area (Å²) in [5.74, 6) is -1.51. The molecule has 1 aromatic carbocycles. The monoisotopic (exact) mass is 254 g/mol. The molecule has 18 heavy (non-hydrogen) atoms. The van der Waals surface area contributed by atoms with Gasteiger partial charge in [0, 0.05) is 18.7 Å². The maximum Gasteiger partial charge on any atom is 0.319 e. The summed E-state index contributed by atoms with van der Waals surface area (Å²) in [7, 11) is 0. The number of nitrogens with one attached hydrogen (secondary N) is 2. The largest absolute Gasteiger partial charge is 0.481 e. The Balaban J connectivity index is 2.36. The third-order valence-corrected chi connectivity index (χ3v) is 2.22. The lowest BCUT2D eigenvalue weighted by molar-refractivity contribution is -0.137. The smallest absolute Gasteiger partial charge is 0.319 e. The van der Waals surface area contributed by atoms with E-state index in [1.807, 2.05) is 0 Å². The van der Waals surface area contributed by atoms with Crippen molar-refractivity contribution in [2.75, 3.05) is 11.9 Å². The van der Waals surface area contributed by atoms with Crippen LogP contribution in [0.3, 0.4) is 0 Å². The van der Waals surface area contributed by atoms with E-state index in [0.717, 1.165) is 0 Å². The van der Waals surface area contributed by atoms with Crippen LogP contribution < -0.4 is 10.6 Å². The predicted octanol–water partition coefficient (Wildman–Crippen LogP) is 2.06. The Labute approximate surface area is 104 Å². The van der Waals surface area contributed by atoms with Gasteiger partial charge in [0.05, 0.1) is 0 Å². The summed E-state index contributed by atoms with van der Waals surface area (Å²) in [5, 5.41) is 13.5. The molecule has 0 aliphatic rings. The van der Waals surface area contributed by atoms with Crippen LogP contribution in [0.25, 0.3) is 0 Å². The highest BCUT2D eigenvalue weighted by Crippen LogP contribution is 2.08. The molecule has 98 valence electrons. The second-order valence-corrected chi connectivity index (χ2v) is 4.05. The first-order valence-electron chi connectivity index (χ1n) is 5.49. The van der Waals surface area contributed by atoms with Crippen LogP contribution in [-0.4, -0.2) is 23.7 Å². The molecule has 1 unspecified atom stereocenters. The van der Waals surface area contributed by atoms with Gasteiger partial charge in [0.1, 0.15) is 5.82 Å². The van der Waals surface area contributed by atoms with Gasteiger partial charge < -0.3 is 15.7 Å². The van der Waals surface area contributed by atoms with Gasteiger partial charge in [-0.25, -0.2) is 9.18 Å². The number of urea groups is 1. The zero-order valence-corrected chi connectivity index (χ0v) is 9.94. The number of aliphatic carboxylic acids is 1. The van der Waals surface area contributed by atoms with Crippen molar-refractivity contribution >= 4 is 17.7 Å². The topological polar surface area (TPSA) is 78.4 Å². The van der Waals surface area contributed by atoms with E-state index < -0.39 is 17.8 Å². The van der Waals surface area contributed by atoms with Crippen molar-refractivity contribution in [2.45, 2.75) is 13.3 Å². The third kappa shape index (κ3) is 5.29. The molecular weight excluding hydrogens is 239 g/mol. The fourth-order valence-electron chi connectivity index (χ4n) is 1.38. The second-order valence-electron chi connectivity index (χ2n) is 4.05. The SMILES string of the molecule is CC(CNC(=O)Nc1cccc(F)c1)CC(=O)O. The Kier molecular flexibility index (Phi) is 5.10. The standard InChI is InChI=1S/C12H15FN2O3/c1-8(5-11(16)17)7-14-12(18)15-10-4-2-3-9(13)6-10/h2-4,6,8H,5,7H2,1H3,(H,16,17)(H2,14,15,18). The minimum Gasteiger partial charge on any atom is -0.481 e. The third-order valence-electron chi connectivity index (χ3n) is 2.22. The second kappa shape index (κ2) is 6.58. The van der Waals surface area contributed by atoms with Crippen molar-refractivity contribution in [3.8, 4) is 0 Å². The fourth-order valence-corrected chi connectivity index (χ4v) is 1.38. The minimum absolute atomic E-state index is 0.0136. The van der Waals surface area contributed by atoms with Gasteiger partial charge in [-0.15, -0.1) is 0 Å². The van der Waals surface area contributed by atoms with Gasteiger partial charge in [0.15, 0.2) is 0 Å². The lowest BCUT2D eigenvalue weighted by atomic mass is 10.1. The van der Waals surface area contributed by atoms with Gasteiger partial charge >= 0.3 is 12.0 Å². The number of carboxylic acid groups (broad SMARTS) is 1. The maximum absolute atomic E-state index is 12.8. The number of hydrogen-bond acceptors (Lipinski definition) is 2. The Morgan fingerprint density at radius 1 is 1.44 bits per heavy atom. The van der Waals surface area contributed by atoms with Gasteiger partial charge in [-0.2, -0.15) is 0 Å². The molecule has 0 heterocycles. The number of anilines is 1. The summed E-state index contributed by atoms with van der Waals surface area (Å²) in [6.07, 6.45) is -0.0136. The lowest BCUT2D eigenvalue weighted by Crippen LogP contribution is -2.33. The summed E-state index contributed by atoms with van der Waals surface area (Å²) < 4.78 is 12.8. The van der Waals surface area contributed by atoms with Crippen LogP contribution in [0.5, 0.6) is 0 Å². The normalized spacial score (nSPS) is 11.7. The molecule has 0 saturated carbocycles. The Hall–Kier alpha value is -2.11. The molecular formula is C12H15FN2O3. The number of benzene rings is 1. The highest BCUT2D eigenvalue weighted by atomic mass is 19.1. The van der Waals surface area contributed by atoms with Gasteiger partial charge in [0.2, 0.25) is 0 Å². The summed E-state index contributed by atoms with van der Waals surface area (Å²) >= 11 is 0. The van der Waals surface area contributed by atoms with Crippen molar-refractivity contribution in [1.29, 1.82) is 0 Å². The first kappa shape index (κ1) is 14.0. The average molecular weight is 254 g/mol. The fraction of sp³-hybridized carbons (Fsp3) is 0.333.